The molecule has 5 heteroatoms. The maximum Gasteiger partial charge on any atom is 0.167 e. The number of rotatable bonds is 6. The lowest BCUT2D eigenvalue weighted by Gasteiger charge is -2.33. The van der Waals surface area contributed by atoms with Crippen LogP contribution in [0.2, 0.25) is 0 Å². The van der Waals surface area contributed by atoms with Crippen molar-refractivity contribution in [3.05, 3.63) is 222 Å². The number of aromatic nitrogens is 3. The average molecular weight is 772 g/mol. The first kappa shape index (κ1) is 33.6. The Morgan fingerprint density at radius 2 is 1.00 bits per heavy atom. The summed E-state index contributed by atoms with van der Waals surface area (Å²) >= 11 is 1.80. The number of benzene rings is 8. The van der Waals surface area contributed by atoms with Gasteiger partial charge < -0.3 is 4.42 Å². The molecule has 3 aromatic heterocycles. The lowest BCUT2D eigenvalue weighted by molar-refractivity contribution is 0.669. The number of thiophene rings is 1. The summed E-state index contributed by atoms with van der Waals surface area (Å²) in [5.41, 5.74) is 12.0. The normalized spacial score (nSPS) is 12.9. The maximum atomic E-state index is 6.57. The van der Waals surface area contributed by atoms with Gasteiger partial charge in [-0.3, -0.25) is 0 Å². The molecule has 0 fully saturated rings. The third kappa shape index (κ3) is 5.18. The molecule has 0 unspecified atom stereocenters. The Morgan fingerprint density at radius 3 is 1.80 bits per heavy atom. The second-order valence-electron chi connectivity index (χ2n) is 15.1. The molecule has 276 valence electrons. The summed E-state index contributed by atoms with van der Waals surface area (Å²) in [7, 11) is 0. The van der Waals surface area contributed by atoms with Gasteiger partial charge in [-0.2, -0.15) is 0 Å². The molecule has 0 N–H and O–H groups in total. The van der Waals surface area contributed by atoms with Crippen LogP contribution in [0.25, 0.3) is 87.8 Å². The first-order valence-electron chi connectivity index (χ1n) is 19.8. The molecule has 3 heterocycles. The van der Waals surface area contributed by atoms with Crippen molar-refractivity contribution in [1.82, 2.24) is 15.0 Å². The monoisotopic (exact) mass is 771 g/mol. The fraction of sp³-hybridized carbons (Fsp3) is 0.0185. The van der Waals surface area contributed by atoms with Crippen molar-refractivity contribution in [2.45, 2.75) is 5.41 Å². The highest BCUT2D eigenvalue weighted by atomic mass is 32.1. The summed E-state index contributed by atoms with van der Waals surface area (Å²) < 4.78 is 7.84. The molecule has 4 nitrogen and oxygen atoms in total. The van der Waals surface area contributed by atoms with Gasteiger partial charge >= 0.3 is 0 Å². The summed E-state index contributed by atoms with van der Waals surface area (Å²) in [6, 6.07) is 70.9. The van der Waals surface area contributed by atoms with Crippen molar-refractivity contribution in [3.8, 4) is 55.7 Å². The molecule has 0 spiro atoms. The first-order valence-corrected chi connectivity index (χ1v) is 20.7. The molecular formula is C54H33N3OS. The Bertz CT molecular complexity index is 3310. The molecule has 0 atom stereocenters. The van der Waals surface area contributed by atoms with Crippen molar-refractivity contribution in [3.63, 3.8) is 0 Å². The molecule has 12 rings (SSSR count). The van der Waals surface area contributed by atoms with E-state index in [-0.39, 0.29) is 0 Å². The van der Waals surface area contributed by atoms with E-state index in [0.29, 0.717) is 17.5 Å². The van der Waals surface area contributed by atoms with Crippen LogP contribution in [0.4, 0.5) is 0 Å². The average Bonchev–Trinajstić information content (AvgIpc) is 4.01. The van der Waals surface area contributed by atoms with E-state index in [0.717, 1.165) is 49.8 Å². The van der Waals surface area contributed by atoms with Crippen LogP contribution in [0.5, 0.6) is 0 Å². The maximum absolute atomic E-state index is 6.57. The van der Waals surface area contributed by atoms with Gasteiger partial charge in [-0.25, -0.2) is 15.0 Å². The highest BCUT2D eigenvalue weighted by Crippen LogP contribution is 2.58. The van der Waals surface area contributed by atoms with E-state index in [1.165, 1.54) is 42.8 Å². The number of hydrogen-bond donors (Lipinski definition) is 0. The van der Waals surface area contributed by atoms with Crippen LogP contribution >= 0.6 is 11.3 Å². The minimum atomic E-state index is -0.550. The van der Waals surface area contributed by atoms with Gasteiger partial charge in [-0.15, -0.1) is 11.3 Å². The van der Waals surface area contributed by atoms with Crippen molar-refractivity contribution in [2.75, 3.05) is 0 Å². The second kappa shape index (κ2) is 13.3. The molecule has 59 heavy (non-hydrogen) atoms. The molecule has 0 saturated carbocycles. The number of para-hydroxylation sites is 2. The topological polar surface area (TPSA) is 51.8 Å². The molecule has 0 aliphatic heterocycles. The summed E-state index contributed by atoms with van der Waals surface area (Å²) in [4.78, 5) is 17.2. The number of nitrogens with zero attached hydrogens (tertiary/aromatic N) is 3. The fourth-order valence-corrected chi connectivity index (χ4v) is 10.3. The van der Waals surface area contributed by atoms with Gasteiger partial charge in [0.25, 0.3) is 0 Å². The van der Waals surface area contributed by atoms with Crippen molar-refractivity contribution in [2.24, 2.45) is 0 Å². The predicted octanol–water partition coefficient (Wildman–Crippen LogP) is 14.0. The van der Waals surface area contributed by atoms with Crippen LogP contribution in [-0.4, -0.2) is 15.0 Å². The zero-order chi connectivity index (χ0) is 38.9. The molecule has 8 aromatic carbocycles. The van der Waals surface area contributed by atoms with Crippen LogP contribution < -0.4 is 0 Å². The van der Waals surface area contributed by atoms with Gasteiger partial charge in [0.15, 0.2) is 17.5 Å². The SMILES string of the molecule is c1ccc(C2(c3ccccc3)c3ccccc3-c3c(-c4nc(-c5ccc(-c6cc7ccccc7s6)cc5)nc(-c5cccc6c5oc5ccccc56)n4)cccc32)cc1. The van der Waals surface area contributed by atoms with E-state index in [2.05, 4.69) is 182 Å². The summed E-state index contributed by atoms with van der Waals surface area (Å²) in [6.45, 7) is 0. The van der Waals surface area contributed by atoms with Crippen LogP contribution in [0, 0.1) is 0 Å². The number of hydrogen-bond acceptors (Lipinski definition) is 5. The molecule has 0 bridgehead atoms. The zero-order valence-corrected chi connectivity index (χ0v) is 32.5. The molecule has 0 amide bonds. The highest BCUT2D eigenvalue weighted by molar-refractivity contribution is 7.22. The highest BCUT2D eigenvalue weighted by Gasteiger charge is 2.47. The Labute approximate surface area is 344 Å². The standard InChI is InChI=1S/C54H33N3OS/c1-3-16-37(17-4-1)54(38-18-5-2-6-19-38)44-25-10-8-21-41(44)49-42(23-14-26-45(49)54)52-55-51(35-31-29-34(30-32-35)48-33-36-15-7-12-28-47(36)59-48)56-53(57-52)43-24-13-22-40-39-20-9-11-27-46(39)58-50(40)43/h1-33H. The van der Waals surface area contributed by atoms with Crippen LogP contribution in [0.1, 0.15) is 22.3 Å². The van der Waals surface area contributed by atoms with Gasteiger partial charge in [-0.05, 0) is 68.6 Å². The lowest BCUT2D eigenvalue weighted by Crippen LogP contribution is -2.28. The van der Waals surface area contributed by atoms with Crippen molar-refractivity contribution >= 4 is 43.4 Å². The molecular weight excluding hydrogens is 739 g/mol. The minimum Gasteiger partial charge on any atom is -0.455 e. The zero-order valence-electron chi connectivity index (χ0n) is 31.7. The number of fused-ring (bicyclic) bond motifs is 7. The van der Waals surface area contributed by atoms with E-state index >= 15 is 0 Å². The van der Waals surface area contributed by atoms with Gasteiger partial charge in [0.2, 0.25) is 0 Å². The third-order valence-corrected chi connectivity index (χ3v) is 13.0. The van der Waals surface area contributed by atoms with E-state index in [4.69, 9.17) is 19.4 Å². The van der Waals surface area contributed by atoms with E-state index < -0.39 is 5.41 Å². The molecule has 1 aliphatic carbocycles. The van der Waals surface area contributed by atoms with E-state index in [9.17, 15) is 0 Å². The van der Waals surface area contributed by atoms with Crippen molar-refractivity contribution < 1.29 is 4.42 Å². The Balaban J connectivity index is 1.10. The summed E-state index contributed by atoms with van der Waals surface area (Å²) in [6.07, 6.45) is 0. The molecule has 0 radical (unpaired) electrons. The van der Waals surface area contributed by atoms with Crippen LogP contribution in [0.3, 0.4) is 0 Å². The van der Waals surface area contributed by atoms with Gasteiger partial charge in [-0.1, -0.05) is 176 Å². The minimum absolute atomic E-state index is 0.550. The molecule has 1 aliphatic rings. The molecule has 11 aromatic rings. The second-order valence-corrected chi connectivity index (χ2v) is 16.2. The smallest absolute Gasteiger partial charge is 0.167 e. The first-order chi connectivity index (χ1) is 29.2. The van der Waals surface area contributed by atoms with E-state index in [1.807, 2.05) is 18.2 Å². The van der Waals surface area contributed by atoms with Gasteiger partial charge in [0, 0.05) is 31.5 Å². The lowest BCUT2D eigenvalue weighted by atomic mass is 9.67. The largest absolute Gasteiger partial charge is 0.455 e. The predicted molar refractivity (Wildman–Crippen MR) is 242 cm³/mol. The van der Waals surface area contributed by atoms with Gasteiger partial charge in [0.05, 0.1) is 11.0 Å². The number of furan rings is 1. The van der Waals surface area contributed by atoms with Crippen LogP contribution in [0.15, 0.2) is 205 Å². The van der Waals surface area contributed by atoms with Crippen molar-refractivity contribution in [1.29, 1.82) is 0 Å². The van der Waals surface area contributed by atoms with E-state index in [1.54, 1.807) is 11.3 Å². The quantitative estimate of drug-likeness (QED) is 0.169. The fourth-order valence-electron chi connectivity index (χ4n) is 9.26. The Morgan fingerprint density at radius 1 is 0.424 bits per heavy atom. The molecule has 0 saturated heterocycles. The van der Waals surface area contributed by atoms with Gasteiger partial charge in [0.1, 0.15) is 11.2 Å². The Kier molecular flexibility index (Phi) is 7.59. The summed E-state index contributed by atoms with van der Waals surface area (Å²) in [5, 5.41) is 3.34. The van der Waals surface area contributed by atoms with Crippen LogP contribution in [-0.2, 0) is 5.41 Å². The summed E-state index contributed by atoms with van der Waals surface area (Å²) in [5.74, 6) is 1.77. The Hall–Kier alpha value is -7.47. The third-order valence-electron chi connectivity index (χ3n) is 11.9.